The minimum atomic E-state index is 0.915. The van der Waals surface area contributed by atoms with Crippen molar-refractivity contribution in [3.8, 4) is 0 Å². The van der Waals surface area contributed by atoms with Gasteiger partial charge in [-0.25, -0.2) is 0 Å². The third-order valence-electron chi connectivity index (χ3n) is 4.78. The van der Waals surface area contributed by atoms with E-state index in [1.54, 1.807) is 0 Å². The first kappa shape index (κ1) is 19.1. The van der Waals surface area contributed by atoms with Gasteiger partial charge in [0.2, 0.25) is 0 Å². The van der Waals surface area contributed by atoms with Gasteiger partial charge in [-0.15, -0.1) is 0 Å². The maximum absolute atomic E-state index is 6.34. The van der Waals surface area contributed by atoms with Crippen LogP contribution in [0.5, 0.6) is 0 Å². The molecule has 0 saturated heterocycles. The molecule has 0 unspecified atom stereocenters. The monoisotopic (exact) mass is 333 g/mol. The highest BCUT2D eigenvalue weighted by molar-refractivity contribution is 5.59. The SMILES string of the molecule is CCc1cc(N)c(CC=C(C)C)c(C)c1C/C=C/c1ccc(C)cc1. The summed E-state index contributed by atoms with van der Waals surface area (Å²) in [6.07, 6.45) is 9.62. The van der Waals surface area contributed by atoms with Crippen molar-refractivity contribution in [1.29, 1.82) is 0 Å². The fourth-order valence-corrected chi connectivity index (χ4v) is 3.17. The molecule has 2 aromatic rings. The van der Waals surface area contributed by atoms with Crippen LogP contribution in [0.1, 0.15) is 54.2 Å². The minimum absolute atomic E-state index is 0.915. The normalized spacial score (nSPS) is 11.1. The fourth-order valence-electron chi connectivity index (χ4n) is 3.17. The molecule has 0 aromatic heterocycles. The molecule has 1 heteroatoms. The van der Waals surface area contributed by atoms with Gasteiger partial charge >= 0.3 is 0 Å². The molecule has 1 nitrogen and oxygen atoms in total. The lowest BCUT2D eigenvalue weighted by atomic mass is 9.90. The van der Waals surface area contributed by atoms with Crippen molar-refractivity contribution in [2.45, 2.75) is 53.9 Å². The number of hydrogen-bond acceptors (Lipinski definition) is 1. The largest absolute Gasteiger partial charge is 0.398 e. The van der Waals surface area contributed by atoms with Crippen LogP contribution in [0.2, 0.25) is 0 Å². The maximum atomic E-state index is 6.34. The van der Waals surface area contributed by atoms with Crippen molar-refractivity contribution in [2.75, 3.05) is 5.73 Å². The van der Waals surface area contributed by atoms with E-state index in [0.717, 1.165) is 24.9 Å². The highest BCUT2D eigenvalue weighted by Gasteiger charge is 2.11. The molecule has 0 aliphatic heterocycles. The van der Waals surface area contributed by atoms with Gasteiger partial charge in [-0.1, -0.05) is 60.6 Å². The predicted octanol–water partition coefficient (Wildman–Crippen LogP) is 6.21. The molecule has 132 valence electrons. The molecule has 0 spiro atoms. The van der Waals surface area contributed by atoms with E-state index < -0.39 is 0 Å². The number of benzene rings is 2. The van der Waals surface area contributed by atoms with E-state index in [1.807, 2.05) is 0 Å². The average Bonchev–Trinajstić information content (AvgIpc) is 2.57. The zero-order valence-electron chi connectivity index (χ0n) is 16.3. The molecule has 0 heterocycles. The number of hydrogen-bond donors (Lipinski definition) is 1. The lowest BCUT2D eigenvalue weighted by molar-refractivity contribution is 1.04. The standard InChI is InChI=1S/C24H31N/c1-6-21-16-24(25)23(15-10-17(2)3)19(5)22(21)9-7-8-20-13-11-18(4)12-14-20/h7-8,10-14,16H,6,9,15,25H2,1-5H3/b8-7+. The Morgan fingerprint density at radius 2 is 1.68 bits per heavy atom. The van der Waals surface area contributed by atoms with Crippen LogP contribution >= 0.6 is 0 Å². The Bertz CT molecular complexity index is 773. The van der Waals surface area contributed by atoms with Gasteiger partial charge in [-0.05, 0) is 80.8 Å². The maximum Gasteiger partial charge on any atom is 0.0355 e. The molecule has 0 amide bonds. The Labute approximate surface area is 153 Å². The summed E-state index contributed by atoms with van der Waals surface area (Å²) in [5, 5.41) is 0. The van der Waals surface area contributed by atoms with Gasteiger partial charge in [0.1, 0.15) is 0 Å². The van der Waals surface area contributed by atoms with Crippen LogP contribution in [0.15, 0.2) is 48.1 Å². The second-order valence-electron chi connectivity index (χ2n) is 7.06. The summed E-state index contributed by atoms with van der Waals surface area (Å²) in [6, 6.07) is 10.8. The Morgan fingerprint density at radius 3 is 2.28 bits per heavy atom. The van der Waals surface area contributed by atoms with Gasteiger partial charge in [-0.3, -0.25) is 0 Å². The molecular weight excluding hydrogens is 302 g/mol. The Hall–Kier alpha value is -2.28. The number of aryl methyl sites for hydroxylation is 2. The van der Waals surface area contributed by atoms with Crippen LogP contribution < -0.4 is 5.73 Å². The molecule has 2 rings (SSSR count). The van der Waals surface area contributed by atoms with Gasteiger partial charge in [0, 0.05) is 5.69 Å². The van der Waals surface area contributed by atoms with Gasteiger partial charge in [0.15, 0.2) is 0 Å². The Balaban J connectivity index is 2.30. The first-order valence-electron chi connectivity index (χ1n) is 9.18. The summed E-state index contributed by atoms with van der Waals surface area (Å²) in [7, 11) is 0. The number of nitrogens with two attached hydrogens (primary N) is 1. The molecule has 0 saturated carbocycles. The second-order valence-corrected chi connectivity index (χ2v) is 7.06. The van der Waals surface area contributed by atoms with Crippen LogP contribution in [0.4, 0.5) is 5.69 Å². The smallest absolute Gasteiger partial charge is 0.0355 e. The van der Waals surface area contributed by atoms with Crippen LogP contribution in [-0.4, -0.2) is 0 Å². The first-order chi connectivity index (χ1) is 11.9. The van der Waals surface area contributed by atoms with E-state index in [-0.39, 0.29) is 0 Å². The van der Waals surface area contributed by atoms with Gasteiger partial charge in [-0.2, -0.15) is 0 Å². The highest BCUT2D eigenvalue weighted by atomic mass is 14.6. The Kier molecular flexibility index (Phi) is 6.64. The molecule has 0 atom stereocenters. The fraction of sp³-hybridized carbons (Fsp3) is 0.333. The summed E-state index contributed by atoms with van der Waals surface area (Å²) in [5.74, 6) is 0. The van der Waals surface area contributed by atoms with Crippen LogP contribution in [-0.2, 0) is 19.3 Å². The number of nitrogen functional groups attached to an aromatic ring is 1. The Morgan fingerprint density at radius 1 is 1.00 bits per heavy atom. The summed E-state index contributed by atoms with van der Waals surface area (Å²) in [6.45, 7) is 10.8. The molecule has 0 bridgehead atoms. The van der Waals surface area contributed by atoms with E-state index in [4.69, 9.17) is 5.73 Å². The third-order valence-corrected chi connectivity index (χ3v) is 4.78. The van der Waals surface area contributed by atoms with Crippen molar-refractivity contribution in [3.05, 3.63) is 81.4 Å². The third kappa shape index (κ3) is 5.09. The molecule has 0 fully saturated rings. The highest BCUT2D eigenvalue weighted by Crippen LogP contribution is 2.27. The summed E-state index contributed by atoms with van der Waals surface area (Å²) >= 11 is 0. The average molecular weight is 334 g/mol. The second kappa shape index (κ2) is 8.71. The van der Waals surface area contributed by atoms with Crippen molar-refractivity contribution in [1.82, 2.24) is 0 Å². The lowest BCUT2D eigenvalue weighted by Gasteiger charge is -2.17. The molecule has 0 radical (unpaired) electrons. The van der Waals surface area contributed by atoms with Crippen molar-refractivity contribution in [3.63, 3.8) is 0 Å². The molecule has 2 N–H and O–H groups in total. The molecule has 2 aromatic carbocycles. The van der Waals surface area contributed by atoms with E-state index in [9.17, 15) is 0 Å². The van der Waals surface area contributed by atoms with Crippen LogP contribution in [0, 0.1) is 13.8 Å². The first-order valence-corrected chi connectivity index (χ1v) is 9.18. The predicted molar refractivity (Wildman–Crippen MR) is 112 cm³/mol. The van der Waals surface area contributed by atoms with Crippen molar-refractivity contribution < 1.29 is 0 Å². The molecular formula is C24H31N. The quantitative estimate of drug-likeness (QED) is 0.493. The summed E-state index contributed by atoms with van der Waals surface area (Å²) in [5.41, 5.74) is 16.6. The van der Waals surface area contributed by atoms with Gasteiger partial charge in [0.05, 0.1) is 0 Å². The zero-order chi connectivity index (χ0) is 18.4. The van der Waals surface area contributed by atoms with E-state index >= 15 is 0 Å². The van der Waals surface area contributed by atoms with Crippen LogP contribution in [0.25, 0.3) is 6.08 Å². The van der Waals surface area contributed by atoms with Crippen molar-refractivity contribution in [2.24, 2.45) is 0 Å². The molecule has 0 aliphatic rings. The van der Waals surface area contributed by atoms with Gasteiger partial charge in [0.25, 0.3) is 0 Å². The lowest BCUT2D eigenvalue weighted by Crippen LogP contribution is -2.05. The van der Waals surface area contributed by atoms with E-state index in [1.165, 1.54) is 39.0 Å². The topological polar surface area (TPSA) is 26.0 Å². The number of anilines is 1. The zero-order valence-corrected chi connectivity index (χ0v) is 16.3. The van der Waals surface area contributed by atoms with Gasteiger partial charge < -0.3 is 5.73 Å². The summed E-state index contributed by atoms with van der Waals surface area (Å²) < 4.78 is 0. The molecule has 0 aliphatic carbocycles. The van der Waals surface area contributed by atoms with Crippen molar-refractivity contribution >= 4 is 11.8 Å². The summed E-state index contributed by atoms with van der Waals surface area (Å²) in [4.78, 5) is 0. The number of allylic oxidation sites excluding steroid dienone is 3. The van der Waals surface area contributed by atoms with E-state index in [2.05, 4.69) is 83.2 Å². The minimum Gasteiger partial charge on any atom is -0.398 e. The number of rotatable bonds is 6. The molecule has 25 heavy (non-hydrogen) atoms. The van der Waals surface area contributed by atoms with Crippen LogP contribution in [0.3, 0.4) is 0 Å². The van der Waals surface area contributed by atoms with E-state index in [0.29, 0.717) is 0 Å².